The van der Waals surface area contributed by atoms with Crippen LogP contribution in [0.25, 0.3) is 0 Å². The summed E-state index contributed by atoms with van der Waals surface area (Å²) >= 11 is 3.33. The van der Waals surface area contributed by atoms with Gasteiger partial charge in [0.2, 0.25) is 5.91 Å². The predicted molar refractivity (Wildman–Crippen MR) is 106 cm³/mol. The molecule has 1 fully saturated rings. The second-order valence-electron chi connectivity index (χ2n) is 6.70. The average Bonchev–Trinajstić information content (AvgIpc) is 2.84. The summed E-state index contributed by atoms with van der Waals surface area (Å²) in [6, 6.07) is 16.3. The minimum absolute atomic E-state index is 0.321. The van der Waals surface area contributed by atoms with Crippen LogP contribution in [-0.2, 0) is 16.0 Å². The highest BCUT2D eigenvalue weighted by molar-refractivity contribution is 9.10. The summed E-state index contributed by atoms with van der Waals surface area (Å²) in [7, 11) is 0. The molecule has 3 rings (SSSR count). The summed E-state index contributed by atoms with van der Waals surface area (Å²) in [5.74, 6) is -0.809. The van der Waals surface area contributed by atoms with E-state index in [1.54, 1.807) is 25.1 Å². The van der Waals surface area contributed by atoms with Gasteiger partial charge in [0, 0.05) is 10.2 Å². The maximum Gasteiger partial charge on any atom is 0.325 e. The Bertz CT molecular complexity index is 872. The number of carbonyl (C=O) groups is 3. The number of aryl methyl sites for hydroxylation is 1. The lowest BCUT2D eigenvalue weighted by molar-refractivity contribution is -0.133. The third kappa shape index (κ3) is 4.54. The van der Waals surface area contributed by atoms with Crippen molar-refractivity contribution in [3.05, 3.63) is 64.6 Å². The van der Waals surface area contributed by atoms with Crippen molar-refractivity contribution >= 4 is 39.5 Å². The topological polar surface area (TPSA) is 78.5 Å². The van der Waals surface area contributed by atoms with Crippen molar-refractivity contribution in [2.45, 2.75) is 25.3 Å². The van der Waals surface area contributed by atoms with Crippen LogP contribution in [0.2, 0.25) is 0 Å². The Balaban J connectivity index is 1.62. The second-order valence-corrected chi connectivity index (χ2v) is 7.61. The zero-order valence-electron chi connectivity index (χ0n) is 14.9. The van der Waals surface area contributed by atoms with Crippen LogP contribution in [0, 0.1) is 0 Å². The van der Waals surface area contributed by atoms with Gasteiger partial charge < -0.3 is 10.6 Å². The molecule has 1 atom stereocenters. The van der Waals surface area contributed by atoms with Gasteiger partial charge in [-0.05, 0) is 43.5 Å². The number of urea groups is 1. The summed E-state index contributed by atoms with van der Waals surface area (Å²) in [5.41, 5.74) is 0.670. The SMILES string of the molecule is CC1(CCc2ccccc2)NC(=O)N(CC(=O)Nc2cccc(Br)c2)C1=O. The Morgan fingerprint density at radius 2 is 1.89 bits per heavy atom. The van der Waals surface area contributed by atoms with Gasteiger partial charge in [-0.3, -0.25) is 14.5 Å². The predicted octanol–water partition coefficient (Wildman–Crippen LogP) is 3.33. The van der Waals surface area contributed by atoms with Crippen molar-refractivity contribution < 1.29 is 14.4 Å². The van der Waals surface area contributed by atoms with Crippen LogP contribution in [0.1, 0.15) is 18.9 Å². The van der Waals surface area contributed by atoms with Crippen molar-refractivity contribution in [3.63, 3.8) is 0 Å². The third-order valence-corrected chi connectivity index (χ3v) is 5.00. The van der Waals surface area contributed by atoms with Crippen molar-refractivity contribution in [3.8, 4) is 0 Å². The van der Waals surface area contributed by atoms with Gasteiger partial charge in [0.15, 0.2) is 0 Å². The van der Waals surface area contributed by atoms with Crippen LogP contribution in [0.3, 0.4) is 0 Å². The smallest absolute Gasteiger partial charge is 0.324 e. The molecule has 1 unspecified atom stereocenters. The van der Waals surface area contributed by atoms with Crippen molar-refractivity contribution in [1.29, 1.82) is 0 Å². The molecule has 1 aliphatic heterocycles. The van der Waals surface area contributed by atoms with E-state index < -0.39 is 17.5 Å². The molecule has 1 aliphatic rings. The molecule has 1 saturated heterocycles. The lowest BCUT2D eigenvalue weighted by atomic mass is 9.93. The Kier molecular flexibility index (Phi) is 5.60. The van der Waals surface area contributed by atoms with E-state index >= 15 is 0 Å². The van der Waals surface area contributed by atoms with E-state index in [1.807, 2.05) is 36.4 Å². The number of halogens is 1. The largest absolute Gasteiger partial charge is 0.325 e. The van der Waals surface area contributed by atoms with E-state index in [0.717, 1.165) is 14.9 Å². The molecule has 6 nitrogen and oxygen atoms in total. The lowest BCUT2D eigenvalue weighted by Crippen LogP contribution is -2.45. The van der Waals surface area contributed by atoms with Crippen LogP contribution < -0.4 is 10.6 Å². The molecule has 0 aliphatic carbocycles. The zero-order valence-corrected chi connectivity index (χ0v) is 16.5. The maximum absolute atomic E-state index is 12.8. The van der Waals surface area contributed by atoms with Gasteiger partial charge >= 0.3 is 6.03 Å². The van der Waals surface area contributed by atoms with Crippen molar-refractivity contribution in [1.82, 2.24) is 10.2 Å². The summed E-state index contributed by atoms with van der Waals surface area (Å²) in [5, 5.41) is 5.42. The lowest BCUT2D eigenvalue weighted by Gasteiger charge is -2.21. The number of benzene rings is 2. The maximum atomic E-state index is 12.8. The highest BCUT2D eigenvalue weighted by Crippen LogP contribution is 2.23. The van der Waals surface area contributed by atoms with E-state index in [2.05, 4.69) is 26.6 Å². The highest BCUT2D eigenvalue weighted by Gasteiger charge is 2.47. The number of hydrogen-bond acceptors (Lipinski definition) is 3. The number of rotatable bonds is 6. The van der Waals surface area contributed by atoms with Crippen LogP contribution in [0.4, 0.5) is 10.5 Å². The van der Waals surface area contributed by atoms with Gasteiger partial charge in [0.25, 0.3) is 5.91 Å². The Morgan fingerprint density at radius 3 is 2.59 bits per heavy atom. The molecule has 4 amide bonds. The fourth-order valence-corrected chi connectivity index (χ4v) is 3.41. The molecule has 7 heteroatoms. The molecule has 0 spiro atoms. The zero-order chi connectivity index (χ0) is 19.4. The molecular weight excluding hydrogens is 410 g/mol. The van der Waals surface area contributed by atoms with Gasteiger partial charge in [-0.2, -0.15) is 0 Å². The minimum Gasteiger partial charge on any atom is -0.324 e. The number of hydrogen-bond donors (Lipinski definition) is 2. The average molecular weight is 430 g/mol. The molecular formula is C20H20BrN3O3. The Hall–Kier alpha value is -2.67. The normalized spacial score (nSPS) is 19.1. The first-order chi connectivity index (χ1) is 12.9. The third-order valence-electron chi connectivity index (χ3n) is 4.51. The van der Waals surface area contributed by atoms with Gasteiger partial charge in [-0.25, -0.2) is 4.79 Å². The fourth-order valence-electron chi connectivity index (χ4n) is 3.01. The Labute approximate surface area is 166 Å². The van der Waals surface area contributed by atoms with E-state index in [1.165, 1.54) is 0 Å². The standard InChI is InChI=1S/C20H20BrN3O3/c1-20(11-10-14-6-3-2-4-7-14)18(26)24(19(27)23-20)13-17(25)22-16-9-5-8-15(21)12-16/h2-9,12H,10-11,13H2,1H3,(H,22,25)(H,23,27). The summed E-state index contributed by atoms with van der Waals surface area (Å²) in [6.45, 7) is 1.38. The summed E-state index contributed by atoms with van der Waals surface area (Å²) < 4.78 is 0.823. The molecule has 1 heterocycles. The van der Waals surface area contributed by atoms with Crippen molar-refractivity contribution in [2.24, 2.45) is 0 Å². The number of nitrogens with one attached hydrogen (secondary N) is 2. The minimum atomic E-state index is -1.01. The molecule has 2 aromatic carbocycles. The van der Waals surface area contributed by atoms with Crippen LogP contribution >= 0.6 is 15.9 Å². The van der Waals surface area contributed by atoms with E-state index in [0.29, 0.717) is 18.5 Å². The van der Waals surface area contributed by atoms with Gasteiger partial charge in [-0.15, -0.1) is 0 Å². The second kappa shape index (κ2) is 7.92. The summed E-state index contributed by atoms with van der Waals surface area (Å²) in [4.78, 5) is 38.2. The van der Waals surface area contributed by atoms with Crippen molar-refractivity contribution in [2.75, 3.05) is 11.9 Å². The number of anilines is 1. The monoisotopic (exact) mass is 429 g/mol. The van der Waals surface area contributed by atoms with E-state index in [-0.39, 0.29) is 12.5 Å². The molecule has 27 heavy (non-hydrogen) atoms. The highest BCUT2D eigenvalue weighted by atomic mass is 79.9. The number of imide groups is 1. The van der Waals surface area contributed by atoms with Crippen LogP contribution in [0.15, 0.2) is 59.1 Å². The molecule has 2 N–H and O–H groups in total. The first kappa shape index (κ1) is 19.1. The van der Waals surface area contributed by atoms with E-state index in [4.69, 9.17) is 0 Å². The molecule has 0 radical (unpaired) electrons. The number of nitrogens with zero attached hydrogens (tertiary/aromatic N) is 1. The fraction of sp³-hybridized carbons (Fsp3) is 0.250. The molecule has 0 aromatic heterocycles. The number of carbonyl (C=O) groups excluding carboxylic acids is 3. The van der Waals surface area contributed by atoms with Crippen LogP contribution in [-0.4, -0.2) is 34.8 Å². The van der Waals surface area contributed by atoms with Crippen LogP contribution in [0.5, 0.6) is 0 Å². The quantitative estimate of drug-likeness (QED) is 0.691. The van der Waals surface area contributed by atoms with Gasteiger partial charge in [0.1, 0.15) is 12.1 Å². The molecule has 2 aromatic rings. The number of amides is 4. The molecule has 140 valence electrons. The van der Waals surface area contributed by atoms with Gasteiger partial charge in [-0.1, -0.05) is 52.3 Å². The van der Waals surface area contributed by atoms with E-state index in [9.17, 15) is 14.4 Å². The molecule has 0 saturated carbocycles. The van der Waals surface area contributed by atoms with Gasteiger partial charge in [0.05, 0.1) is 0 Å². The molecule has 0 bridgehead atoms. The first-order valence-corrected chi connectivity index (χ1v) is 9.40. The first-order valence-electron chi connectivity index (χ1n) is 8.61. The Morgan fingerprint density at radius 1 is 1.15 bits per heavy atom. The summed E-state index contributed by atoms with van der Waals surface area (Å²) in [6.07, 6.45) is 1.12.